The van der Waals surface area contributed by atoms with Crippen molar-refractivity contribution in [3.63, 3.8) is 0 Å². The summed E-state index contributed by atoms with van der Waals surface area (Å²) in [6.07, 6.45) is 5.23. The minimum atomic E-state index is 0.141. The van der Waals surface area contributed by atoms with Gasteiger partial charge in [0.1, 0.15) is 0 Å². The summed E-state index contributed by atoms with van der Waals surface area (Å²) in [4.78, 5) is 19.1. The third kappa shape index (κ3) is 5.15. The first-order valence-corrected chi connectivity index (χ1v) is 10.1. The smallest absolute Gasteiger partial charge is 0.227 e. The van der Waals surface area contributed by atoms with Gasteiger partial charge in [-0.25, -0.2) is 4.99 Å². The molecule has 1 saturated carbocycles. The van der Waals surface area contributed by atoms with Crippen LogP contribution in [0.4, 0.5) is 5.69 Å². The number of rotatable bonds is 7. The second-order valence-corrected chi connectivity index (χ2v) is 7.45. The Bertz CT molecular complexity index is 822. The second kappa shape index (κ2) is 9.44. The van der Waals surface area contributed by atoms with Gasteiger partial charge in [-0.2, -0.15) is 0 Å². The number of nitrogens with zero attached hydrogens (tertiary/aromatic N) is 3. The van der Waals surface area contributed by atoms with Crippen LogP contribution in [0, 0.1) is 5.92 Å². The van der Waals surface area contributed by atoms with Crippen LogP contribution < -0.4 is 10.6 Å². The van der Waals surface area contributed by atoms with E-state index in [1.807, 2.05) is 31.3 Å². The zero-order valence-electron chi connectivity index (χ0n) is 17.1. The minimum absolute atomic E-state index is 0.141. The Labute approximate surface area is 167 Å². The summed E-state index contributed by atoms with van der Waals surface area (Å²) < 4.78 is 2.12. The van der Waals surface area contributed by atoms with Crippen LogP contribution >= 0.6 is 0 Å². The highest BCUT2D eigenvalue weighted by atomic mass is 16.1. The van der Waals surface area contributed by atoms with Crippen LogP contribution in [0.2, 0.25) is 0 Å². The molecule has 0 radical (unpaired) electrons. The fourth-order valence-electron chi connectivity index (χ4n) is 3.28. The summed E-state index contributed by atoms with van der Waals surface area (Å²) in [5.41, 5.74) is 3.16. The number of aryl methyl sites for hydroxylation is 1. The molecule has 1 amide bonds. The quantitative estimate of drug-likeness (QED) is 0.571. The Morgan fingerprint density at radius 3 is 2.75 bits per heavy atom. The average molecular weight is 382 g/mol. The molecule has 0 unspecified atom stereocenters. The first-order chi connectivity index (χ1) is 13.6. The van der Waals surface area contributed by atoms with Crippen molar-refractivity contribution in [3.8, 4) is 0 Å². The first kappa shape index (κ1) is 20.0. The summed E-state index contributed by atoms with van der Waals surface area (Å²) in [5.74, 6) is 1.20. The maximum atomic E-state index is 12.2. The molecule has 1 fully saturated rings. The molecule has 150 valence electrons. The Balaban J connectivity index is 1.64. The lowest BCUT2D eigenvalue weighted by Gasteiger charge is -2.24. The monoisotopic (exact) mass is 381 g/mol. The van der Waals surface area contributed by atoms with E-state index in [2.05, 4.69) is 52.4 Å². The van der Waals surface area contributed by atoms with Gasteiger partial charge in [0, 0.05) is 44.1 Å². The third-order valence-electron chi connectivity index (χ3n) is 5.23. The van der Waals surface area contributed by atoms with Gasteiger partial charge in [-0.1, -0.05) is 18.6 Å². The molecule has 28 heavy (non-hydrogen) atoms. The number of amides is 1. The summed E-state index contributed by atoms with van der Waals surface area (Å²) in [5, 5.41) is 6.40. The highest BCUT2D eigenvalue weighted by molar-refractivity contribution is 5.93. The molecule has 2 N–H and O–H groups in total. The van der Waals surface area contributed by atoms with Gasteiger partial charge < -0.3 is 20.1 Å². The van der Waals surface area contributed by atoms with Gasteiger partial charge in [0.15, 0.2) is 5.96 Å². The molecule has 1 aromatic carbocycles. The van der Waals surface area contributed by atoms with E-state index in [1.165, 1.54) is 5.69 Å². The van der Waals surface area contributed by atoms with Crippen molar-refractivity contribution >= 4 is 17.6 Å². The Morgan fingerprint density at radius 2 is 2.11 bits per heavy atom. The van der Waals surface area contributed by atoms with Gasteiger partial charge in [-0.05, 0) is 49.6 Å². The van der Waals surface area contributed by atoms with Crippen LogP contribution in [0.1, 0.15) is 37.4 Å². The number of hydrogen-bond donors (Lipinski definition) is 2. The molecular formula is C22H31N5O. The largest absolute Gasteiger partial charge is 0.357 e. The first-order valence-electron chi connectivity index (χ1n) is 10.1. The molecule has 0 atom stereocenters. The number of anilines is 1. The van der Waals surface area contributed by atoms with E-state index in [0.717, 1.165) is 49.6 Å². The van der Waals surface area contributed by atoms with Crippen LogP contribution in [-0.2, 0) is 24.9 Å². The fraction of sp³-hybridized carbons (Fsp3) is 0.455. The number of aromatic nitrogens is 1. The molecule has 1 aliphatic carbocycles. The van der Waals surface area contributed by atoms with E-state index in [1.54, 1.807) is 0 Å². The van der Waals surface area contributed by atoms with E-state index in [9.17, 15) is 4.79 Å². The Hall–Kier alpha value is -2.76. The van der Waals surface area contributed by atoms with Crippen molar-refractivity contribution in [2.24, 2.45) is 18.0 Å². The van der Waals surface area contributed by atoms with E-state index in [0.29, 0.717) is 6.54 Å². The van der Waals surface area contributed by atoms with Crippen LogP contribution in [0.5, 0.6) is 0 Å². The number of nitrogens with one attached hydrogen (secondary N) is 2. The predicted octanol–water partition coefficient (Wildman–Crippen LogP) is 3.36. The number of carbonyl (C=O) groups excluding carboxylic acids is 1. The summed E-state index contributed by atoms with van der Waals surface area (Å²) in [7, 11) is 4.10. The van der Waals surface area contributed by atoms with Crippen LogP contribution in [0.25, 0.3) is 0 Å². The lowest BCUT2D eigenvalue weighted by molar-refractivity contribution is -0.122. The standard InChI is InChI=1S/C22H31N5O/c1-4-23-22(27(3)16-20-12-7-13-26(20)2)24-15-17-8-5-11-19(14-17)25-21(28)18-9-6-10-18/h5,7-8,11-14,18H,4,6,9-10,15-16H2,1-3H3,(H,23,24)(H,25,28). The van der Waals surface area contributed by atoms with Crippen molar-refractivity contribution in [1.82, 2.24) is 14.8 Å². The van der Waals surface area contributed by atoms with Crippen molar-refractivity contribution < 1.29 is 4.79 Å². The van der Waals surface area contributed by atoms with E-state index < -0.39 is 0 Å². The van der Waals surface area contributed by atoms with Crippen LogP contribution in [0.3, 0.4) is 0 Å². The van der Waals surface area contributed by atoms with E-state index in [4.69, 9.17) is 4.99 Å². The number of hydrogen-bond acceptors (Lipinski definition) is 2. The Morgan fingerprint density at radius 1 is 1.29 bits per heavy atom. The topological polar surface area (TPSA) is 61.7 Å². The number of benzene rings is 1. The molecule has 0 aliphatic heterocycles. The van der Waals surface area contributed by atoms with Crippen molar-refractivity contribution in [1.29, 1.82) is 0 Å². The van der Waals surface area contributed by atoms with Gasteiger partial charge in [0.2, 0.25) is 5.91 Å². The molecule has 1 aliphatic rings. The number of aliphatic imine (C=N–C) groups is 1. The summed E-state index contributed by atoms with van der Waals surface area (Å²) in [6.45, 7) is 4.23. The maximum Gasteiger partial charge on any atom is 0.227 e. The van der Waals surface area contributed by atoms with Gasteiger partial charge >= 0.3 is 0 Å². The molecule has 2 aromatic rings. The Kier molecular flexibility index (Phi) is 6.74. The van der Waals surface area contributed by atoms with Crippen LogP contribution in [0.15, 0.2) is 47.6 Å². The maximum absolute atomic E-state index is 12.2. The van der Waals surface area contributed by atoms with Crippen molar-refractivity contribution in [2.75, 3.05) is 18.9 Å². The second-order valence-electron chi connectivity index (χ2n) is 7.45. The van der Waals surface area contributed by atoms with Gasteiger partial charge in [-0.3, -0.25) is 4.79 Å². The van der Waals surface area contributed by atoms with Gasteiger partial charge in [0.05, 0.1) is 13.1 Å². The van der Waals surface area contributed by atoms with Crippen molar-refractivity contribution in [3.05, 3.63) is 53.9 Å². The highest BCUT2D eigenvalue weighted by Gasteiger charge is 2.25. The zero-order chi connectivity index (χ0) is 19.9. The molecule has 6 heteroatoms. The number of guanidine groups is 1. The fourth-order valence-corrected chi connectivity index (χ4v) is 3.28. The molecule has 1 aromatic heterocycles. The lowest BCUT2D eigenvalue weighted by atomic mass is 9.85. The van der Waals surface area contributed by atoms with Crippen molar-refractivity contribution in [2.45, 2.75) is 39.3 Å². The van der Waals surface area contributed by atoms with E-state index >= 15 is 0 Å². The zero-order valence-corrected chi connectivity index (χ0v) is 17.1. The molecular weight excluding hydrogens is 350 g/mol. The van der Waals surface area contributed by atoms with E-state index in [-0.39, 0.29) is 11.8 Å². The molecule has 0 bridgehead atoms. The SMILES string of the molecule is CCNC(=NCc1cccc(NC(=O)C2CCC2)c1)N(C)Cc1cccn1C. The molecule has 6 nitrogen and oxygen atoms in total. The average Bonchev–Trinajstić information content (AvgIpc) is 3.02. The van der Waals surface area contributed by atoms with Gasteiger partial charge in [0.25, 0.3) is 0 Å². The third-order valence-corrected chi connectivity index (χ3v) is 5.23. The van der Waals surface area contributed by atoms with Gasteiger partial charge in [-0.15, -0.1) is 0 Å². The molecule has 0 spiro atoms. The lowest BCUT2D eigenvalue weighted by Crippen LogP contribution is -2.38. The normalized spacial score (nSPS) is 14.5. The number of carbonyl (C=O) groups is 1. The molecule has 0 saturated heterocycles. The molecule has 1 heterocycles. The van der Waals surface area contributed by atoms with Crippen LogP contribution in [-0.4, -0.2) is 34.9 Å². The highest BCUT2D eigenvalue weighted by Crippen LogP contribution is 2.27. The predicted molar refractivity (Wildman–Crippen MR) is 114 cm³/mol. The molecule has 3 rings (SSSR count). The minimum Gasteiger partial charge on any atom is -0.357 e. The summed E-state index contributed by atoms with van der Waals surface area (Å²) >= 11 is 0. The summed E-state index contributed by atoms with van der Waals surface area (Å²) in [6, 6.07) is 12.1.